The van der Waals surface area contributed by atoms with Crippen LogP contribution in [0.1, 0.15) is 29.4 Å². The fraction of sp³-hybridized carbons (Fsp3) is 0.667. The fourth-order valence-corrected chi connectivity index (χ4v) is 2.11. The first-order valence-corrected chi connectivity index (χ1v) is 6.12. The SMILES string of the molecule is CCCc1c(C(=O)N2CCOCC2)cnn1C. The van der Waals surface area contributed by atoms with E-state index in [2.05, 4.69) is 12.0 Å². The number of hydrogen-bond donors (Lipinski definition) is 0. The normalized spacial score (nSPS) is 16.2. The third-order valence-corrected chi connectivity index (χ3v) is 3.08. The van der Waals surface area contributed by atoms with Crippen LogP contribution in [0.5, 0.6) is 0 Å². The van der Waals surface area contributed by atoms with Crippen LogP contribution in [0.25, 0.3) is 0 Å². The summed E-state index contributed by atoms with van der Waals surface area (Å²) in [6.07, 6.45) is 3.59. The fourth-order valence-electron chi connectivity index (χ4n) is 2.11. The van der Waals surface area contributed by atoms with E-state index in [9.17, 15) is 4.79 Å². The molecule has 5 heteroatoms. The molecule has 0 aromatic carbocycles. The molecule has 0 spiro atoms. The van der Waals surface area contributed by atoms with Crippen molar-refractivity contribution in [1.82, 2.24) is 14.7 Å². The zero-order valence-electron chi connectivity index (χ0n) is 10.5. The molecule has 1 fully saturated rings. The Morgan fingerprint density at radius 3 is 2.82 bits per heavy atom. The van der Waals surface area contributed by atoms with E-state index >= 15 is 0 Å². The largest absolute Gasteiger partial charge is 0.378 e. The van der Waals surface area contributed by atoms with Crippen molar-refractivity contribution in [2.45, 2.75) is 19.8 Å². The summed E-state index contributed by atoms with van der Waals surface area (Å²) in [5, 5.41) is 4.19. The maximum absolute atomic E-state index is 12.3. The van der Waals surface area contributed by atoms with Crippen molar-refractivity contribution in [3.63, 3.8) is 0 Å². The molecule has 17 heavy (non-hydrogen) atoms. The van der Waals surface area contributed by atoms with E-state index in [-0.39, 0.29) is 5.91 Å². The van der Waals surface area contributed by atoms with Gasteiger partial charge in [-0.1, -0.05) is 13.3 Å². The van der Waals surface area contributed by atoms with Crippen LogP contribution in [0.2, 0.25) is 0 Å². The van der Waals surface area contributed by atoms with Crippen molar-refractivity contribution in [2.24, 2.45) is 7.05 Å². The third kappa shape index (κ3) is 2.49. The zero-order valence-corrected chi connectivity index (χ0v) is 10.5. The predicted molar refractivity (Wildman–Crippen MR) is 63.9 cm³/mol. The van der Waals surface area contributed by atoms with Gasteiger partial charge in [0.2, 0.25) is 0 Å². The summed E-state index contributed by atoms with van der Waals surface area (Å²) in [5.74, 6) is 0.0878. The van der Waals surface area contributed by atoms with Gasteiger partial charge < -0.3 is 9.64 Å². The van der Waals surface area contributed by atoms with Crippen LogP contribution in [0.15, 0.2) is 6.20 Å². The molecule has 0 aliphatic carbocycles. The van der Waals surface area contributed by atoms with E-state index in [1.54, 1.807) is 10.9 Å². The van der Waals surface area contributed by atoms with Gasteiger partial charge in [-0.25, -0.2) is 0 Å². The van der Waals surface area contributed by atoms with Gasteiger partial charge in [0.05, 0.1) is 30.7 Å². The number of carbonyl (C=O) groups is 1. The molecule has 1 aromatic rings. The highest BCUT2D eigenvalue weighted by Crippen LogP contribution is 2.14. The minimum atomic E-state index is 0.0878. The number of aromatic nitrogens is 2. The number of hydrogen-bond acceptors (Lipinski definition) is 3. The van der Waals surface area contributed by atoms with Gasteiger partial charge in [-0.2, -0.15) is 5.10 Å². The third-order valence-electron chi connectivity index (χ3n) is 3.08. The summed E-state index contributed by atoms with van der Waals surface area (Å²) < 4.78 is 7.06. The molecule has 1 aliphatic rings. The van der Waals surface area contributed by atoms with Crippen LogP contribution in [0, 0.1) is 0 Å². The molecular formula is C12H19N3O2. The Morgan fingerprint density at radius 1 is 1.47 bits per heavy atom. The Labute approximate surface area is 101 Å². The van der Waals surface area contributed by atoms with Crippen LogP contribution in [0.3, 0.4) is 0 Å². The molecule has 0 saturated carbocycles. The molecule has 1 saturated heterocycles. The number of nitrogens with zero attached hydrogens (tertiary/aromatic N) is 3. The van der Waals surface area contributed by atoms with Crippen molar-refractivity contribution in [1.29, 1.82) is 0 Å². The van der Waals surface area contributed by atoms with Gasteiger partial charge in [0.15, 0.2) is 0 Å². The smallest absolute Gasteiger partial charge is 0.257 e. The number of aryl methyl sites for hydroxylation is 1. The van der Waals surface area contributed by atoms with Crippen molar-refractivity contribution in [3.05, 3.63) is 17.5 Å². The van der Waals surface area contributed by atoms with Gasteiger partial charge in [-0.15, -0.1) is 0 Å². The van der Waals surface area contributed by atoms with E-state index in [4.69, 9.17) is 4.74 Å². The minimum Gasteiger partial charge on any atom is -0.378 e. The maximum atomic E-state index is 12.3. The van der Waals surface area contributed by atoms with Crippen molar-refractivity contribution >= 4 is 5.91 Å². The van der Waals surface area contributed by atoms with E-state index < -0.39 is 0 Å². The first-order valence-electron chi connectivity index (χ1n) is 6.12. The van der Waals surface area contributed by atoms with Crippen molar-refractivity contribution < 1.29 is 9.53 Å². The van der Waals surface area contributed by atoms with Crippen molar-refractivity contribution in [3.8, 4) is 0 Å². The molecule has 1 aromatic heterocycles. The molecule has 2 heterocycles. The standard InChI is InChI=1S/C12H19N3O2/c1-3-4-11-10(9-13-14(11)2)12(16)15-5-7-17-8-6-15/h9H,3-8H2,1-2H3. The van der Waals surface area contributed by atoms with Gasteiger partial charge >= 0.3 is 0 Å². The summed E-state index contributed by atoms with van der Waals surface area (Å²) in [4.78, 5) is 14.2. The van der Waals surface area contributed by atoms with Crippen LogP contribution >= 0.6 is 0 Å². The van der Waals surface area contributed by atoms with Gasteiger partial charge in [-0.05, 0) is 6.42 Å². The lowest BCUT2D eigenvalue weighted by atomic mass is 10.1. The van der Waals surface area contributed by atoms with Gasteiger partial charge in [0.1, 0.15) is 0 Å². The number of carbonyl (C=O) groups excluding carboxylic acids is 1. The van der Waals surface area contributed by atoms with Gasteiger partial charge in [-0.3, -0.25) is 9.48 Å². The Bertz CT molecular complexity index is 394. The Hall–Kier alpha value is -1.36. The Morgan fingerprint density at radius 2 is 2.18 bits per heavy atom. The summed E-state index contributed by atoms with van der Waals surface area (Å²) in [6, 6.07) is 0. The second-order valence-electron chi connectivity index (χ2n) is 4.28. The second kappa shape index (κ2) is 5.31. The van der Waals surface area contributed by atoms with E-state index in [1.807, 2.05) is 11.9 Å². The average Bonchev–Trinajstić information content (AvgIpc) is 2.72. The summed E-state index contributed by atoms with van der Waals surface area (Å²) in [6.45, 7) is 4.73. The molecule has 0 radical (unpaired) electrons. The second-order valence-corrected chi connectivity index (χ2v) is 4.28. The lowest BCUT2D eigenvalue weighted by Gasteiger charge is -2.26. The number of ether oxygens (including phenoxy) is 1. The summed E-state index contributed by atoms with van der Waals surface area (Å²) in [5.41, 5.74) is 1.78. The van der Waals surface area contributed by atoms with Crippen LogP contribution in [0.4, 0.5) is 0 Å². The molecule has 1 aliphatic heterocycles. The van der Waals surface area contributed by atoms with Gasteiger partial charge in [0.25, 0.3) is 5.91 Å². The molecule has 1 amide bonds. The quantitative estimate of drug-likeness (QED) is 0.783. The molecular weight excluding hydrogens is 218 g/mol. The maximum Gasteiger partial charge on any atom is 0.257 e. The number of morpholine rings is 1. The topological polar surface area (TPSA) is 47.4 Å². The van der Waals surface area contributed by atoms with Crippen LogP contribution < -0.4 is 0 Å². The van der Waals surface area contributed by atoms with Crippen LogP contribution in [-0.2, 0) is 18.2 Å². The lowest BCUT2D eigenvalue weighted by Crippen LogP contribution is -2.40. The molecule has 2 rings (SSSR count). The monoisotopic (exact) mass is 237 g/mol. The lowest BCUT2D eigenvalue weighted by molar-refractivity contribution is 0.0302. The number of rotatable bonds is 3. The van der Waals surface area contributed by atoms with E-state index in [0.29, 0.717) is 26.3 Å². The highest BCUT2D eigenvalue weighted by atomic mass is 16.5. The van der Waals surface area contributed by atoms with E-state index in [0.717, 1.165) is 24.1 Å². The van der Waals surface area contributed by atoms with Gasteiger partial charge in [0, 0.05) is 20.1 Å². The molecule has 0 N–H and O–H groups in total. The van der Waals surface area contributed by atoms with E-state index in [1.165, 1.54) is 0 Å². The Balaban J connectivity index is 2.17. The predicted octanol–water partition coefficient (Wildman–Crippen LogP) is 0.845. The summed E-state index contributed by atoms with van der Waals surface area (Å²) >= 11 is 0. The minimum absolute atomic E-state index is 0.0878. The highest BCUT2D eigenvalue weighted by Gasteiger charge is 2.22. The molecule has 0 unspecified atom stereocenters. The zero-order chi connectivity index (χ0) is 12.3. The molecule has 0 atom stereocenters. The highest BCUT2D eigenvalue weighted by molar-refractivity contribution is 5.95. The first-order chi connectivity index (χ1) is 8.24. The molecule has 5 nitrogen and oxygen atoms in total. The first kappa shape index (κ1) is 12.1. The molecule has 94 valence electrons. The number of amides is 1. The molecule has 0 bridgehead atoms. The average molecular weight is 237 g/mol. The Kier molecular flexibility index (Phi) is 3.78. The van der Waals surface area contributed by atoms with Crippen LogP contribution in [-0.4, -0.2) is 46.9 Å². The van der Waals surface area contributed by atoms with Crippen molar-refractivity contribution in [2.75, 3.05) is 26.3 Å². The summed E-state index contributed by atoms with van der Waals surface area (Å²) in [7, 11) is 1.89.